The lowest BCUT2D eigenvalue weighted by Gasteiger charge is -2.18. The molecule has 0 radical (unpaired) electrons. The number of sulfone groups is 1. The van der Waals surface area contributed by atoms with Crippen molar-refractivity contribution in [3.63, 3.8) is 0 Å². The van der Waals surface area contributed by atoms with Crippen molar-refractivity contribution in [1.29, 1.82) is 0 Å². The van der Waals surface area contributed by atoms with E-state index in [-0.39, 0.29) is 9.80 Å². The lowest BCUT2D eigenvalue weighted by molar-refractivity contribution is 0.415. The summed E-state index contributed by atoms with van der Waals surface area (Å²) in [6, 6.07) is 35.0. The minimum absolute atomic E-state index is 0.255. The van der Waals surface area contributed by atoms with Gasteiger partial charge in [-0.3, -0.25) is 0 Å². The molecule has 0 amide bonds. The van der Waals surface area contributed by atoms with Crippen molar-refractivity contribution in [2.75, 3.05) is 7.11 Å². The van der Waals surface area contributed by atoms with Gasteiger partial charge in [0.25, 0.3) is 0 Å². The second-order valence-electron chi connectivity index (χ2n) is 6.98. The maximum absolute atomic E-state index is 14.0. The number of rotatable bonds is 6. The van der Waals surface area contributed by atoms with Gasteiger partial charge in [-0.1, -0.05) is 78.9 Å². The third-order valence-electron chi connectivity index (χ3n) is 5.03. The summed E-state index contributed by atoms with van der Waals surface area (Å²) in [6.45, 7) is 0. The third kappa shape index (κ3) is 4.30. The minimum atomic E-state index is -3.83. The van der Waals surface area contributed by atoms with E-state index in [0.29, 0.717) is 16.9 Å². The summed E-state index contributed by atoms with van der Waals surface area (Å²) in [6.07, 6.45) is 0. The van der Waals surface area contributed by atoms with Crippen LogP contribution in [0.3, 0.4) is 0 Å². The minimum Gasteiger partial charge on any atom is -0.497 e. The standard InChI is InChI=1S/C27H22O3S/c1-30-24-19-17-23(18-20-24)27(31(28,29)25-15-9-4-10-16-25)26(21-11-5-2-6-12-21)22-13-7-3-8-14-22/h2-20H,1H3. The maximum Gasteiger partial charge on any atom is 0.207 e. The van der Waals surface area contributed by atoms with Gasteiger partial charge in [-0.05, 0) is 53.1 Å². The highest BCUT2D eigenvalue weighted by Gasteiger charge is 2.27. The molecule has 0 atom stereocenters. The molecule has 4 aromatic carbocycles. The van der Waals surface area contributed by atoms with Crippen LogP contribution in [0.2, 0.25) is 0 Å². The highest BCUT2D eigenvalue weighted by atomic mass is 32.2. The lowest BCUT2D eigenvalue weighted by Crippen LogP contribution is -2.08. The topological polar surface area (TPSA) is 43.4 Å². The van der Waals surface area contributed by atoms with E-state index in [1.54, 1.807) is 55.6 Å². The van der Waals surface area contributed by atoms with Crippen LogP contribution in [0.25, 0.3) is 10.5 Å². The highest BCUT2D eigenvalue weighted by molar-refractivity contribution is 8.01. The molecule has 0 saturated heterocycles. The fourth-order valence-corrected chi connectivity index (χ4v) is 5.23. The van der Waals surface area contributed by atoms with Crippen LogP contribution in [0.1, 0.15) is 16.7 Å². The molecule has 0 bridgehead atoms. The van der Waals surface area contributed by atoms with Crippen LogP contribution >= 0.6 is 0 Å². The Labute approximate surface area is 183 Å². The Morgan fingerprint density at radius 1 is 0.581 bits per heavy atom. The average molecular weight is 427 g/mol. The molecule has 31 heavy (non-hydrogen) atoms. The molecular weight excluding hydrogens is 404 g/mol. The van der Waals surface area contributed by atoms with Gasteiger partial charge in [0.05, 0.1) is 16.9 Å². The van der Waals surface area contributed by atoms with Crippen LogP contribution in [0.5, 0.6) is 5.75 Å². The molecule has 0 aromatic heterocycles. The molecule has 0 aliphatic carbocycles. The normalized spacial score (nSPS) is 11.0. The SMILES string of the molecule is COc1ccc(C(=C(c2ccccc2)c2ccccc2)S(=O)(=O)c2ccccc2)cc1. The Kier molecular flexibility index (Phi) is 6.01. The maximum atomic E-state index is 14.0. The van der Waals surface area contributed by atoms with Gasteiger partial charge in [-0.15, -0.1) is 0 Å². The second kappa shape index (κ2) is 9.02. The van der Waals surface area contributed by atoms with Crippen molar-refractivity contribution >= 4 is 20.3 Å². The second-order valence-corrected chi connectivity index (χ2v) is 8.87. The molecule has 0 aliphatic rings. The summed E-state index contributed by atoms with van der Waals surface area (Å²) < 4.78 is 33.3. The fraction of sp³-hybridized carbons (Fsp3) is 0.0370. The molecule has 154 valence electrons. The molecule has 4 rings (SSSR count). The summed E-state index contributed by atoms with van der Waals surface area (Å²) in [7, 11) is -2.24. The van der Waals surface area contributed by atoms with Gasteiger partial charge < -0.3 is 4.74 Å². The van der Waals surface area contributed by atoms with Gasteiger partial charge in [-0.25, -0.2) is 8.42 Å². The number of hydrogen-bond acceptors (Lipinski definition) is 3. The third-order valence-corrected chi connectivity index (χ3v) is 6.90. The Bertz CT molecular complexity index is 1240. The molecule has 0 saturated carbocycles. The quantitative estimate of drug-likeness (QED) is 0.351. The van der Waals surface area contributed by atoms with E-state index < -0.39 is 9.84 Å². The Balaban J connectivity index is 2.11. The van der Waals surface area contributed by atoms with Gasteiger partial charge in [0.2, 0.25) is 9.84 Å². The fourth-order valence-electron chi connectivity index (χ4n) is 3.53. The van der Waals surface area contributed by atoms with Crippen molar-refractivity contribution < 1.29 is 13.2 Å². The summed E-state index contributed by atoms with van der Waals surface area (Å²) in [5.41, 5.74) is 2.93. The van der Waals surface area contributed by atoms with Crippen LogP contribution in [0, 0.1) is 0 Å². The molecule has 0 heterocycles. The van der Waals surface area contributed by atoms with Gasteiger partial charge in [-0.2, -0.15) is 0 Å². The Morgan fingerprint density at radius 3 is 1.48 bits per heavy atom. The first-order chi connectivity index (χ1) is 15.1. The van der Waals surface area contributed by atoms with Crippen LogP contribution < -0.4 is 4.74 Å². The predicted octanol–water partition coefficient (Wildman–Crippen LogP) is 6.09. The molecule has 0 spiro atoms. The van der Waals surface area contributed by atoms with E-state index in [1.807, 2.05) is 66.7 Å². The molecule has 0 aliphatic heterocycles. The van der Waals surface area contributed by atoms with Crippen molar-refractivity contribution in [3.05, 3.63) is 132 Å². The molecule has 4 aromatic rings. The van der Waals surface area contributed by atoms with Gasteiger partial charge in [0, 0.05) is 5.57 Å². The van der Waals surface area contributed by atoms with E-state index in [4.69, 9.17) is 4.74 Å². The average Bonchev–Trinajstić information content (AvgIpc) is 2.84. The summed E-state index contributed by atoms with van der Waals surface area (Å²) >= 11 is 0. The van der Waals surface area contributed by atoms with Crippen LogP contribution in [0.15, 0.2) is 120 Å². The summed E-state index contributed by atoms with van der Waals surface area (Å²) in [4.78, 5) is 0.518. The zero-order valence-electron chi connectivity index (χ0n) is 17.1. The van der Waals surface area contributed by atoms with E-state index in [0.717, 1.165) is 11.1 Å². The van der Waals surface area contributed by atoms with Crippen LogP contribution in [-0.2, 0) is 9.84 Å². The first kappa shape index (κ1) is 20.6. The predicted molar refractivity (Wildman–Crippen MR) is 125 cm³/mol. The summed E-state index contributed by atoms with van der Waals surface area (Å²) in [5.74, 6) is 0.668. The Hall–Kier alpha value is -3.63. The van der Waals surface area contributed by atoms with Gasteiger partial charge in [0.1, 0.15) is 5.75 Å². The highest BCUT2D eigenvalue weighted by Crippen LogP contribution is 2.39. The largest absolute Gasteiger partial charge is 0.497 e. The van der Waals surface area contributed by atoms with E-state index in [9.17, 15) is 8.42 Å². The van der Waals surface area contributed by atoms with Crippen molar-refractivity contribution in [2.45, 2.75) is 4.90 Å². The van der Waals surface area contributed by atoms with Gasteiger partial charge in [0.15, 0.2) is 0 Å². The van der Waals surface area contributed by atoms with Crippen molar-refractivity contribution in [2.24, 2.45) is 0 Å². The molecule has 3 nitrogen and oxygen atoms in total. The van der Waals surface area contributed by atoms with Gasteiger partial charge >= 0.3 is 0 Å². The van der Waals surface area contributed by atoms with Crippen LogP contribution in [0.4, 0.5) is 0 Å². The molecule has 4 heteroatoms. The lowest BCUT2D eigenvalue weighted by atomic mass is 9.95. The number of benzene rings is 4. The smallest absolute Gasteiger partial charge is 0.207 e. The zero-order valence-corrected chi connectivity index (χ0v) is 17.9. The first-order valence-electron chi connectivity index (χ1n) is 9.91. The monoisotopic (exact) mass is 426 g/mol. The zero-order chi connectivity index (χ0) is 21.7. The number of ether oxygens (including phenoxy) is 1. The van der Waals surface area contributed by atoms with E-state index >= 15 is 0 Å². The molecule has 0 unspecified atom stereocenters. The molecule has 0 fully saturated rings. The number of methoxy groups -OCH3 is 1. The van der Waals surface area contributed by atoms with E-state index in [1.165, 1.54) is 0 Å². The molecule has 0 N–H and O–H groups in total. The number of hydrogen-bond donors (Lipinski definition) is 0. The Morgan fingerprint density at radius 2 is 1.03 bits per heavy atom. The van der Waals surface area contributed by atoms with Crippen LogP contribution in [-0.4, -0.2) is 15.5 Å². The van der Waals surface area contributed by atoms with E-state index in [2.05, 4.69) is 0 Å². The summed E-state index contributed by atoms with van der Waals surface area (Å²) in [5, 5.41) is 0. The first-order valence-corrected chi connectivity index (χ1v) is 11.4. The van der Waals surface area contributed by atoms with Crippen molar-refractivity contribution in [3.8, 4) is 5.75 Å². The van der Waals surface area contributed by atoms with Crippen molar-refractivity contribution in [1.82, 2.24) is 0 Å². The molecular formula is C27H22O3S.